The first kappa shape index (κ1) is 17.0. The van der Waals surface area contributed by atoms with E-state index in [1.54, 1.807) is 23.1 Å². The summed E-state index contributed by atoms with van der Waals surface area (Å²) in [5.41, 5.74) is 0.924. The SMILES string of the molecule is Cc1cccc(S(=O)(=O)N2CCCN(C(=O)C(C)C)CC2)c1. The minimum atomic E-state index is -3.48. The van der Waals surface area contributed by atoms with Crippen molar-refractivity contribution in [2.45, 2.75) is 32.1 Å². The van der Waals surface area contributed by atoms with Crippen LogP contribution in [0.2, 0.25) is 0 Å². The average molecular weight is 324 g/mol. The Bertz CT molecular complexity index is 641. The fraction of sp³-hybridized carbons (Fsp3) is 0.562. The van der Waals surface area contributed by atoms with Crippen molar-refractivity contribution in [2.24, 2.45) is 5.92 Å². The van der Waals surface area contributed by atoms with Crippen LogP contribution in [0.4, 0.5) is 0 Å². The van der Waals surface area contributed by atoms with Crippen LogP contribution in [0, 0.1) is 12.8 Å². The molecule has 1 fully saturated rings. The third kappa shape index (κ3) is 3.67. The van der Waals surface area contributed by atoms with Crippen molar-refractivity contribution in [1.29, 1.82) is 0 Å². The van der Waals surface area contributed by atoms with E-state index < -0.39 is 10.0 Å². The van der Waals surface area contributed by atoms with Crippen molar-refractivity contribution >= 4 is 15.9 Å². The molecule has 0 saturated carbocycles. The lowest BCUT2D eigenvalue weighted by Gasteiger charge is -2.23. The van der Waals surface area contributed by atoms with Crippen LogP contribution in [0.1, 0.15) is 25.8 Å². The molecule has 122 valence electrons. The van der Waals surface area contributed by atoms with E-state index in [2.05, 4.69) is 0 Å². The predicted molar refractivity (Wildman–Crippen MR) is 86.0 cm³/mol. The summed E-state index contributed by atoms with van der Waals surface area (Å²) in [4.78, 5) is 14.2. The topological polar surface area (TPSA) is 57.7 Å². The molecule has 1 aromatic rings. The molecule has 1 heterocycles. The molecule has 1 aliphatic heterocycles. The number of carbonyl (C=O) groups is 1. The third-order valence-electron chi connectivity index (χ3n) is 3.89. The van der Waals surface area contributed by atoms with Gasteiger partial charge in [0.2, 0.25) is 15.9 Å². The monoisotopic (exact) mass is 324 g/mol. The Hall–Kier alpha value is -1.40. The minimum Gasteiger partial charge on any atom is -0.341 e. The van der Waals surface area contributed by atoms with E-state index in [-0.39, 0.29) is 11.8 Å². The molecule has 22 heavy (non-hydrogen) atoms. The maximum absolute atomic E-state index is 12.7. The highest BCUT2D eigenvalue weighted by Gasteiger charge is 2.28. The third-order valence-corrected chi connectivity index (χ3v) is 5.78. The number of hydrogen-bond donors (Lipinski definition) is 0. The Morgan fingerprint density at radius 3 is 2.50 bits per heavy atom. The second-order valence-corrected chi connectivity index (χ2v) is 7.99. The lowest BCUT2D eigenvalue weighted by Crippen LogP contribution is -2.38. The van der Waals surface area contributed by atoms with Crippen molar-refractivity contribution in [3.05, 3.63) is 29.8 Å². The molecule has 0 N–H and O–H groups in total. The molecule has 0 radical (unpaired) electrons. The number of carbonyl (C=O) groups excluding carboxylic acids is 1. The molecule has 5 nitrogen and oxygen atoms in total. The van der Waals surface area contributed by atoms with Crippen molar-refractivity contribution in [3.63, 3.8) is 0 Å². The Kier molecular flexibility index (Phi) is 5.24. The second-order valence-electron chi connectivity index (χ2n) is 6.05. The molecular weight excluding hydrogens is 300 g/mol. The number of sulfonamides is 1. The van der Waals surface area contributed by atoms with E-state index in [9.17, 15) is 13.2 Å². The van der Waals surface area contributed by atoms with Gasteiger partial charge in [0.1, 0.15) is 0 Å². The van der Waals surface area contributed by atoms with Gasteiger partial charge in [0.25, 0.3) is 0 Å². The molecule has 0 atom stereocenters. The summed E-state index contributed by atoms with van der Waals surface area (Å²) in [6.45, 7) is 7.51. The van der Waals surface area contributed by atoms with Crippen LogP contribution >= 0.6 is 0 Å². The summed E-state index contributed by atoms with van der Waals surface area (Å²) in [7, 11) is -3.48. The lowest BCUT2D eigenvalue weighted by molar-refractivity contribution is -0.134. The van der Waals surface area contributed by atoms with Crippen LogP contribution in [-0.4, -0.2) is 49.7 Å². The summed E-state index contributed by atoms with van der Waals surface area (Å²) in [6, 6.07) is 6.96. The van der Waals surface area contributed by atoms with Gasteiger partial charge in [0.05, 0.1) is 4.90 Å². The van der Waals surface area contributed by atoms with E-state index >= 15 is 0 Å². The molecule has 2 rings (SSSR count). The summed E-state index contributed by atoms with van der Waals surface area (Å²) in [5, 5.41) is 0. The molecule has 0 aromatic heterocycles. The normalized spacial score (nSPS) is 17.5. The van der Waals surface area contributed by atoms with Gasteiger partial charge in [-0.05, 0) is 31.0 Å². The van der Waals surface area contributed by atoms with Crippen LogP contribution in [0.3, 0.4) is 0 Å². The summed E-state index contributed by atoms with van der Waals surface area (Å²) in [5.74, 6) is 0.0368. The van der Waals surface area contributed by atoms with Crippen molar-refractivity contribution in [1.82, 2.24) is 9.21 Å². The van der Waals surface area contributed by atoms with Gasteiger partial charge in [-0.15, -0.1) is 0 Å². The van der Waals surface area contributed by atoms with E-state index in [0.29, 0.717) is 37.5 Å². The molecule has 0 spiro atoms. The first-order valence-electron chi connectivity index (χ1n) is 7.68. The molecule has 0 aliphatic carbocycles. The molecular formula is C16H24N2O3S. The van der Waals surface area contributed by atoms with Crippen molar-refractivity contribution in [3.8, 4) is 0 Å². The van der Waals surface area contributed by atoms with Crippen LogP contribution in [-0.2, 0) is 14.8 Å². The Balaban J connectivity index is 2.15. The maximum atomic E-state index is 12.7. The smallest absolute Gasteiger partial charge is 0.243 e. The quantitative estimate of drug-likeness (QED) is 0.853. The van der Waals surface area contributed by atoms with Crippen LogP contribution in [0.5, 0.6) is 0 Å². The van der Waals surface area contributed by atoms with Crippen molar-refractivity contribution in [2.75, 3.05) is 26.2 Å². The molecule has 6 heteroatoms. The molecule has 1 amide bonds. The van der Waals surface area contributed by atoms with Gasteiger partial charge >= 0.3 is 0 Å². The first-order valence-corrected chi connectivity index (χ1v) is 9.12. The fourth-order valence-electron chi connectivity index (χ4n) is 2.64. The molecule has 1 saturated heterocycles. The van der Waals surface area contributed by atoms with Gasteiger partial charge in [-0.3, -0.25) is 4.79 Å². The standard InChI is InChI=1S/C16H24N2O3S/c1-13(2)16(19)17-8-5-9-18(11-10-17)22(20,21)15-7-4-6-14(3)12-15/h4,6-7,12-13H,5,8-11H2,1-3H3. The average Bonchev–Trinajstić information content (AvgIpc) is 2.72. The molecule has 0 bridgehead atoms. The number of nitrogens with zero attached hydrogens (tertiary/aromatic N) is 2. The predicted octanol–water partition coefficient (Wildman–Crippen LogP) is 1.87. The van der Waals surface area contributed by atoms with E-state index in [1.807, 2.05) is 26.8 Å². The highest BCUT2D eigenvalue weighted by Crippen LogP contribution is 2.19. The number of hydrogen-bond acceptors (Lipinski definition) is 3. The van der Waals surface area contributed by atoms with Crippen LogP contribution in [0.15, 0.2) is 29.2 Å². The summed E-state index contributed by atoms with van der Waals surface area (Å²) >= 11 is 0. The summed E-state index contributed by atoms with van der Waals surface area (Å²) < 4.78 is 26.9. The Morgan fingerprint density at radius 1 is 1.14 bits per heavy atom. The zero-order valence-corrected chi connectivity index (χ0v) is 14.3. The van der Waals surface area contributed by atoms with Crippen LogP contribution in [0.25, 0.3) is 0 Å². The number of aryl methyl sites for hydroxylation is 1. The highest BCUT2D eigenvalue weighted by atomic mass is 32.2. The molecule has 1 aromatic carbocycles. The van der Waals surface area contributed by atoms with E-state index in [1.165, 1.54) is 4.31 Å². The van der Waals surface area contributed by atoms with Gasteiger partial charge in [0.15, 0.2) is 0 Å². The van der Waals surface area contributed by atoms with Gasteiger partial charge < -0.3 is 4.90 Å². The largest absolute Gasteiger partial charge is 0.341 e. The Labute approximate surface area is 133 Å². The van der Waals surface area contributed by atoms with Gasteiger partial charge in [-0.2, -0.15) is 4.31 Å². The van der Waals surface area contributed by atoms with E-state index in [4.69, 9.17) is 0 Å². The Morgan fingerprint density at radius 2 is 1.86 bits per heavy atom. The number of amides is 1. The van der Waals surface area contributed by atoms with E-state index in [0.717, 1.165) is 5.56 Å². The van der Waals surface area contributed by atoms with Crippen LogP contribution < -0.4 is 0 Å². The lowest BCUT2D eigenvalue weighted by atomic mass is 10.2. The zero-order chi connectivity index (χ0) is 16.3. The minimum absolute atomic E-state index is 0.0556. The van der Waals surface area contributed by atoms with Crippen molar-refractivity contribution < 1.29 is 13.2 Å². The van der Waals surface area contributed by atoms with Gasteiger partial charge in [-0.25, -0.2) is 8.42 Å². The van der Waals surface area contributed by atoms with Gasteiger partial charge in [0, 0.05) is 32.1 Å². The maximum Gasteiger partial charge on any atom is 0.243 e. The summed E-state index contributed by atoms with van der Waals surface area (Å²) in [6.07, 6.45) is 0.670. The highest BCUT2D eigenvalue weighted by molar-refractivity contribution is 7.89. The molecule has 0 unspecified atom stereocenters. The first-order chi connectivity index (χ1) is 10.3. The number of benzene rings is 1. The fourth-order valence-corrected chi connectivity index (χ4v) is 4.22. The second kappa shape index (κ2) is 6.79. The number of rotatable bonds is 3. The zero-order valence-electron chi connectivity index (χ0n) is 13.4. The van der Waals surface area contributed by atoms with Gasteiger partial charge in [-0.1, -0.05) is 26.0 Å². The molecule has 1 aliphatic rings.